The lowest BCUT2D eigenvalue weighted by molar-refractivity contribution is -0.143. The number of rotatable bonds is 4. The zero-order valence-corrected chi connectivity index (χ0v) is 11.3. The molecule has 0 spiro atoms. The van der Waals surface area contributed by atoms with Gasteiger partial charge in [0.1, 0.15) is 0 Å². The Balaban J connectivity index is 2.56. The van der Waals surface area contributed by atoms with Crippen molar-refractivity contribution in [3.8, 4) is 0 Å². The van der Waals surface area contributed by atoms with Crippen LogP contribution in [0.5, 0.6) is 0 Å². The zero-order valence-electron chi connectivity index (χ0n) is 11.3. The number of carboxylic acid groups (broad SMARTS) is 1. The maximum Gasteiger partial charge on any atom is 0.314 e. The van der Waals surface area contributed by atoms with Crippen molar-refractivity contribution in [1.82, 2.24) is 9.80 Å². The van der Waals surface area contributed by atoms with Gasteiger partial charge in [-0.1, -0.05) is 6.92 Å². The number of amides is 3. The van der Waals surface area contributed by atoms with Crippen LogP contribution in [-0.4, -0.2) is 59.5 Å². The highest BCUT2D eigenvalue weighted by Gasteiger charge is 2.30. The summed E-state index contributed by atoms with van der Waals surface area (Å²) >= 11 is 0. The Morgan fingerprint density at radius 1 is 1.47 bits per heavy atom. The Morgan fingerprint density at radius 3 is 2.63 bits per heavy atom. The average molecular weight is 271 g/mol. The van der Waals surface area contributed by atoms with Crippen molar-refractivity contribution in [2.75, 3.05) is 26.7 Å². The van der Waals surface area contributed by atoms with Gasteiger partial charge in [-0.3, -0.25) is 9.59 Å². The molecule has 0 aromatic carbocycles. The summed E-state index contributed by atoms with van der Waals surface area (Å²) in [6.07, 6.45) is 1.44. The molecule has 0 aliphatic carbocycles. The van der Waals surface area contributed by atoms with Crippen LogP contribution in [0.1, 0.15) is 19.8 Å². The molecule has 7 nitrogen and oxygen atoms in total. The molecule has 19 heavy (non-hydrogen) atoms. The molecule has 1 aliphatic rings. The van der Waals surface area contributed by atoms with Crippen molar-refractivity contribution in [1.29, 1.82) is 0 Å². The minimum Gasteiger partial charge on any atom is -0.481 e. The molecule has 0 bridgehead atoms. The largest absolute Gasteiger partial charge is 0.481 e. The number of piperidine rings is 1. The monoisotopic (exact) mass is 271 g/mol. The molecule has 1 rings (SSSR count). The molecule has 2 atom stereocenters. The van der Waals surface area contributed by atoms with Crippen LogP contribution in [0.3, 0.4) is 0 Å². The van der Waals surface area contributed by atoms with E-state index in [2.05, 4.69) is 0 Å². The smallest absolute Gasteiger partial charge is 0.314 e. The number of aliphatic carboxylic acids is 1. The maximum absolute atomic E-state index is 12.2. The summed E-state index contributed by atoms with van der Waals surface area (Å²) in [6.45, 7) is 2.62. The van der Waals surface area contributed by atoms with Gasteiger partial charge in [-0.15, -0.1) is 0 Å². The number of carbonyl (C=O) groups excluding carboxylic acids is 2. The first-order chi connectivity index (χ1) is 8.82. The summed E-state index contributed by atoms with van der Waals surface area (Å²) in [4.78, 5) is 36.9. The Morgan fingerprint density at radius 2 is 2.11 bits per heavy atom. The lowest BCUT2D eigenvalue weighted by Crippen LogP contribution is -2.48. The fraction of sp³-hybridized carbons (Fsp3) is 0.750. The standard InChI is InChI=1S/C12H21N3O4/c1-8(11(17)18)6-14(2)10(16)9-4-3-5-15(7-9)12(13)19/h8-9H,3-7H2,1-2H3,(H2,13,19)(H,17,18). The van der Waals surface area contributed by atoms with Crippen LogP contribution in [-0.2, 0) is 9.59 Å². The summed E-state index contributed by atoms with van der Waals surface area (Å²) in [5.41, 5.74) is 5.21. The van der Waals surface area contributed by atoms with Crippen LogP contribution in [0.15, 0.2) is 0 Å². The van der Waals surface area contributed by atoms with Gasteiger partial charge in [-0.05, 0) is 12.8 Å². The second-order valence-electron chi connectivity index (χ2n) is 5.08. The summed E-state index contributed by atoms with van der Waals surface area (Å²) in [6, 6.07) is -0.515. The molecule has 108 valence electrons. The quantitative estimate of drug-likeness (QED) is 0.748. The molecule has 2 unspecified atom stereocenters. The number of nitrogens with two attached hydrogens (primary N) is 1. The van der Waals surface area contributed by atoms with Crippen molar-refractivity contribution in [3.63, 3.8) is 0 Å². The number of nitrogens with zero attached hydrogens (tertiary/aromatic N) is 2. The third kappa shape index (κ3) is 4.11. The van der Waals surface area contributed by atoms with E-state index in [-0.39, 0.29) is 18.4 Å². The van der Waals surface area contributed by atoms with Gasteiger partial charge in [-0.25, -0.2) is 4.79 Å². The molecule has 1 fully saturated rings. The van der Waals surface area contributed by atoms with E-state index < -0.39 is 17.9 Å². The van der Waals surface area contributed by atoms with Crippen molar-refractivity contribution < 1.29 is 19.5 Å². The van der Waals surface area contributed by atoms with Gasteiger partial charge in [0.15, 0.2) is 0 Å². The van der Waals surface area contributed by atoms with Gasteiger partial charge in [-0.2, -0.15) is 0 Å². The van der Waals surface area contributed by atoms with Crippen molar-refractivity contribution in [2.45, 2.75) is 19.8 Å². The molecule has 3 amide bonds. The molecule has 0 saturated carbocycles. The molecule has 0 aromatic rings. The van der Waals surface area contributed by atoms with E-state index in [9.17, 15) is 14.4 Å². The highest BCUT2D eigenvalue weighted by molar-refractivity contribution is 5.81. The topological polar surface area (TPSA) is 104 Å². The molecular formula is C12H21N3O4. The van der Waals surface area contributed by atoms with Crippen LogP contribution in [0.25, 0.3) is 0 Å². The Kier molecular flexibility index (Phi) is 5.14. The average Bonchev–Trinajstić information content (AvgIpc) is 2.37. The highest BCUT2D eigenvalue weighted by atomic mass is 16.4. The van der Waals surface area contributed by atoms with E-state index in [1.54, 1.807) is 14.0 Å². The van der Waals surface area contributed by atoms with E-state index in [0.29, 0.717) is 19.5 Å². The summed E-state index contributed by atoms with van der Waals surface area (Å²) in [5.74, 6) is -1.95. The van der Waals surface area contributed by atoms with Crippen molar-refractivity contribution in [2.24, 2.45) is 17.6 Å². The van der Waals surface area contributed by atoms with Crippen LogP contribution >= 0.6 is 0 Å². The number of primary amides is 1. The van der Waals surface area contributed by atoms with Crippen molar-refractivity contribution in [3.05, 3.63) is 0 Å². The molecule has 1 aliphatic heterocycles. The molecule has 7 heteroatoms. The summed E-state index contributed by atoms with van der Waals surface area (Å²) < 4.78 is 0. The summed E-state index contributed by atoms with van der Waals surface area (Å²) in [5, 5.41) is 8.83. The minimum atomic E-state index is -0.929. The van der Waals surface area contributed by atoms with Gasteiger partial charge < -0.3 is 20.6 Å². The van der Waals surface area contributed by atoms with Gasteiger partial charge in [0.05, 0.1) is 11.8 Å². The van der Waals surface area contributed by atoms with Crippen LogP contribution in [0, 0.1) is 11.8 Å². The number of carbonyl (C=O) groups is 3. The third-order valence-corrected chi connectivity index (χ3v) is 3.43. The number of hydrogen-bond donors (Lipinski definition) is 2. The van der Waals surface area contributed by atoms with Crippen molar-refractivity contribution >= 4 is 17.9 Å². The number of likely N-dealkylation sites (tertiary alicyclic amines) is 1. The van der Waals surface area contributed by atoms with E-state index in [1.807, 2.05) is 0 Å². The minimum absolute atomic E-state index is 0.126. The SMILES string of the molecule is CC(CN(C)C(=O)C1CCCN(C(N)=O)C1)C(=O)O. The van der Waals surface area contributed by atoms with Crippen LogP contribution in [0.2, 0.25) is 0 Å². The fourth-order valence-electron chi connectivity index (χ4n) is 2.27. The van der Waals surface area contributed by atoms with Gasteiger partial charge >= 0.3 is 12.0 Å². The second kappa shape index (κ2) is 6.40. The molecule has 0 aromatic heterocycles. The first kappa shape index (κ1) is 15.3. The molecule has 3 N–H and O–H groups in total. The van der Waals surface area contributed by atoms with E-state index in [0.717, 1.165) is 6.42 Å². The lowest BCUT2D eigenvalue weighted by atomic mass is 9.96. The highest BCUT2D eigenvalue weighted by Crippen LogP contribution is 2.18. The predicted octanol–water partition coefficient (Wildman–Crippen LogP) is -0.0438. The molecule has 1 saturated heterocycles. The van der Waals surface area contributed by atoms with E-state index in [4.69, 9.17) is 10.8 Å². The van der Waals surface area contributed by atoms with Gasteiger partial charge in [0.2, 0.25) is 5.91 Å². The molecule has 0 radical (unpaired) electrons. The Labute approximate surface area is 112 Å². The van der Waals surface area contributed by atoms with Gasteiger partial charge in [0.25, 0.3) is 0 Å². The number of urea groups is 1. The molecule has 1 heterocycles. The van der Waals surface area contributed by atoms with Crippen LogP contribution < -0.4 is 5.73 Å². The predicted molar refractivity (Wildman–Crippen MR) is 68.3 cm³/mol. The second-order valence-corrected chi connectivity index (χ2v) is 5.08. The lowest BCUT2D eigenvalue weighted by Gasteiger charge is -2.33. The normalized spacial score (nSPS) is 20.7. The Bertz CT molecular complexity index is 372. The zero-order chi connectivity index (χ0) is 14.6. The maximum atomic E-state index is 12.2. The molecular weight excluding hydrogens is 250 g/mol. The summed E-state index contributed by atoms with van der Waals surface area (Å²) in [7, 11) is 1.59. The van der Waals surface area contributed by atoms with Gasteiger partial charge in [0, 0.05) is 26.7 Å². The third-order valence-electron chi connectivity index (χ3n) is 3.43. The van der Waals surface area contributed by atoms with E-state index in [1.165, 1.54) is 9.80 Å². The fourth-order valence-corrected chi connectivity index (χ4v) is 2.27. The first-order valence-electron chi connectivity index (χ1n) is 6.35. The van der Waals surface area contributed by atoms with Crippen LogP contribution in [0.4, 0.5) is 4.79 Å². The first-order valence-corrected chi connectivity index (χ1v) is 6.35. The number of hydrogen-bond acceptors (Lipinski definition) is 3. The Hall–Kier alpha value is -1.79. The number of carboxylic acids is 1. The van der Waals surface area contributed by atoms with E-state index >= 15 is 0 Å².